The number of rotatable bonds is 4. The average molecular weight is 421 g/mol. The van der Waals surface area contributed by atoms with E-state index < -0.39 is 0 Å². The van der Waals surface area contributed by atoms with Crippen LogP contribution in [-0.2, 0) is 21.9 Å². The first-order valence-corrected chi connectivity index (χ1v) is 8.94. The third-order valence-corrected chi connectivity index (χ3v) is 5.03. The predicted molar refractivity (Wildman–Crippen MR) is 114 cm³/mol. The van der Waals surface area contributed by atoms with Gasteiger partial charge in [0.15, 0.2) is 0 Å². The zero-order valence-electron chi connectivity index (χ0n) is 16.8. The number of nitrogens with zero attached hydrogens (tertiary/aromatic N) is 4. The first-order valence-electron chi connectivity index (χ1n) is 8.94. The van der Waals surface area contributed by atoms with Crippen molar-refractivity contribution < 1.29 is 21.6 Å². The molecule has 2 aromatic carbocycles. The summed E-state index contributed by atoms with van der Waals surface area (Å²) in [6.07, 6.45) is 3.58. The topological polar surface area (TPSA) is 51.4 Å². The van der Waals surface area contributed by atoms with E-state index in [1.165, 1.54) is 11.3 Å². The van der Waals surface area contributed by atoms with Crippen molar-refractivity contribution in [3.63, 3.8) is 0 Å². The zero-order valence-corrected chi connectivity index (χ0v) is 17.8. The Kier molecular flexibility index (Phi) is 6.68. The number of fused-ring (bicyclic) bond motifs is 1. The summed E-state index contributed by atoms with van der Waals surface area (Å²) in [5, 5.41) is 18.1. The van der Waals surface area contributed by atoms with Gasteiger partial charge >= 0.3 is 0 Å². The van der Waals surface area contributed by atoms with Crippen molar-refractivity contribution in [2.45, 2.75) is 19.3 Å². The number of hydrogen-bond acceptors (Lipinski definition) is 4. The fourth-order valence-corrected chi connectivity index (χ4v) is 3.46. The van der Waals surface area contributed by atoms with Gasteiger partial charge in [0.25, 0.3) is 0 Å². The first-order chi connectivity index (χ1) is 12.8. The third kappa shape index (κ3) is 4.12. The minimum atomic E-state index is -0.106. The summed E-state index contributed by atoms with van der Waals surface area (Å²) in [4.78, 5) is 4.17. The van der Waals surface area contributed by atoms with Crippen LogP contribution in [0.4, 0.5) is 11.4 Å². The molecule has 1 heterocycles. The Labute approximate surface area is 177 Å². The zero-order chi connectivity index (χ0) is 19.6. The maximum atomic E-state index is 10.1. The van der Waals surface area contributed by atoms with Gasteiger partial charge in [-0.15, -0.1) is 5.10 Å². The van der Waals surface area contributed by atoms with Crippen molar-refractivity contribution >= 4 is 23.5 Å². The predicted octanol–water partition coefficient (Wildman–Crippen LogP) is 4.35. The fraction of sp³-hybridized carbons (Fsp3) is 0.273. The van der Waals surface area contributed by atoms with Gasteiger partial charge in [-0.05, 0) is 42.0 Å². The van der Waals surface area contributed by atoms with Crippen molar-refractivity contribution in [2.75, 3.05) is 30.9 Å². The van der Waals surface area contributed by atoms with Crippen molar-refractivity contribution in [3.8, 4) is 0 Å². The summed E-state index contributed by atoms with van der Waals surface area (Å²) < 4.78 is 0. The minimum absolute atomic E-state index is 0. The standard InChI is InChI=1S/C22H26N4O.Ni/c1-22(2)18-8-6-7-9-19(18)26(5)20(22)14-15-23-24-21(27)16-10-12-17(13-11-16)25(3)4;/h6-15H,1-5H3,(H,24,27);/b20-14-,23-15+;. The number of allylic oxidation sites excluding steroid dienone is 2. The number of para-hydroxylation sites is 1. The summed E-state index contributed by atoms with van der Waals surface area (Å²) in [7, 11) is 6.00. The van der Waals surface area contributed by atoms with E-state index in [4.69, 9.17) is 0 Å². The molecular weight excluding hydrogens is 395 g/mol. The third-order valence-electron chi connectivity index (χ3n) is 5.03. The minimum Gasteiger partial charge on any atom is -0.492 e. The van der Waals surface area contributed by atoms with Gasteiger partial charge in [-0.3, -0.25) is 0 Å². The van der Waals surface area contributed by atoms with Gasteiger partial charge in [-0.25, -0.2) is 0 Å². The molecule has 3 rings (SSSR count). The quantitative estimate of drug-likeness (QED) is 0.346. The van der Waals surface area contributed by atoms with Crippen LogP contribution < -0.4 is 9.80 Å². The van der Waals surface area contributed by atoms with Gasteiger partial charge in [0.05, 0.1) is 6.21 Å². The molecule has 0 amide bonds. The van der Waals surface area contributed by atoms with Crippen molar-refractivity contribution in [1.82, 2.24) is 0 Å². The van der Waals surface area contributed by atoms with Crippen LogP contribution in [0.1, 0.15) is 25.0 Å². The second-order valence-corrected chi connectivity index (χ2v) is 7.38. The maximum Gasteiger partial charge on any atom is 0.238 e. The molecular formula is C22H26N4NiO. The van der Waals surface area contributed by atoms with Crippen molar-refractivity contribution in [2.24, 2.45) is 10.2 Å². The van der Waals surface area contributed by atoms with Crippen molar-refractivity contribution in [3.05, 3.63) is 71.4 Å². The monoisotopic (exact) mass is 420 g/mol. The Bertz CT molecular complexity index is 914. The summed E-state index contributed by atoms with van der Waals surface area (Å²) in [6, 6.07) is 15.9. The molecule has 0 radical (unpaired) electrons. The number of anilines is 2. The van der Waals surface area contributed by atoms with Gasteiger partial charge < -0.3 is 14.9 Å². The van der Waals surface area contributed by atoms with E-state index in [9.17, 15) is 5.11 Å². The van der Waals surface area contributed by atoms with Crippen LogP contribution in [0.3, 0.4) is 0 Å². The van der Waals surface area contributed by atoms with Crippen molar-refractivity contribution in [1.29, 1.82) is 0 Å². The number of aliphatic hydroxyl groups is 1. The van der Waals surface area contributed by atoms with Crippen LogP contribution in [0.25, 0.3) is 0 Å². The van der Waals surface area contributed by atoms with Crippen LogP contribution >= 0.6 is 0 Å². The Balaban J connectivity index is 0.00000280. The Morgan fingerprint density at radius 1 is 1.07 bits per heavy atom. The molecule has 1 aliphatic rings. The van der Waals surface area contributed by atoms with Crippen LogP contribution in [-0.4, -0.2) is 38.4 Å². The molecule has 0 fully saturated rings. The SMILES string of the molecule is CN(C)c1ccc(/C(O)=N/N=C/C=C2\N(C)c3ccccc3C2(C)C)cc1.[Ni]. The second kappa shape index (κ2) is 8.62. The van der Waals surface area contributed by atoms with Crippen LogP contribution in [0.2, 0.25) is 0 Å². The Hall–Kier alpha value is -2.59. The molecule has 5 nitrogen and oxygen atoms in total. The van der Waals surface area contributed by atoms with E-state index in [0.717, 1.165) is 11.4 Å². The van der Waals surface area contributed by atoms with Crippen LogP contribution in [0.5, 0.6) is 0 Å². The van der Waals surface area contributed by atoms with E-state index >= 15 is 0 Å². The van der Waals surface area contributed by atoms with E-state index in [1.807, 2.05) is 55.4 Å². The molecule has 0 bridgehead atoms. The summed E-state index contributed by atoms with van der Waals surface area (Å²) >= 11 is 0. The van der Waals surface area contributed by atoms with Gasteiger partial charge in [0, 0.05) is 65.7 Å². The van der Waals surface area contributed by atoms with Crippen LogP contribution in [0, 0.1) is 0 Å². The molecule has 150 valence electrons. The summed E-state index contributed by atoms with van der Waals surface area (Å²) in [5.74, 6) is -0.0997. The van der Waals surface area contributed by atoms with Gasteiger partial charge in [0.2, 0.25) is 5.90 Å². The molecule has 0 spiro atoms. The Morgan fingerprint density at radius 2 is 1.71 bits per heavy atom. The van der Waals surface area contributed by atoms with Gasteiger partial charge in [0.1, 0.15) is 0 Å². The molecule has 1 aliphatic heterocycles. The van der Waals surface area contributed by atoms with E-state index in [2.05, 4.69) is 54.2 Å². The molecule has 0 saturated carbocycles. The summed E-state index contributed by atoms with van der Waals surface area (Å²) in [6.45, 7) is 4.39. The van der Waals surface area contributed by atoms with E-state index in [0.29, 0.717) is 5.56 Å². The van der Waals surface area contributed by atoms with Gasteiger partial charge in [-0.2, -0.15) is 5.10 Å². The van der Waals surface area contributed by atoms with Gasteiger partial charge in [-0.1, -0.05) is 32.0 Å². The normalized spacial score (nSPS) is 17.0. The molecule has 0 aliphatic carbocycles. The Morgan fingerprint density at radius 3 is 2.32 bits per heavy atom. The fourth-order valence-electron chi connectivity index (χ4n) is 3.46. The number of aliphatic hydroxyl groups excluding tert-OH is 1. The maximum absolute atomic E-state index is 10.1. The number of likely N-dealkylation sites (N-methyl/N-ethyl adjacent to an activating group) is 1. The van der Waals surface area contributed by atoms with E-state index in [-0.39, 0.29) is 27.8 Å². The average Bonchev–Trinajstić information content (AvgIpc) is 2.85. The second-order valence-electron chi connectivity index (χ2n) is 7.38. The molecule has 1 N–H and O–H groups in total. The molecule has 2 aromatic rings. The largest absolute Gasteiger partial charge is 0.492 e. The molecule has 6 heteroatoms. The first kappa shape index (κ1) is 21.7. The molecule has 0 saturated heterocycles. The van der Waals surface area contributed by atoms with Crippen LogP contribution in [0.15, 0.2) is 70.5 Å². The summed E-state index contributed by atoms with van der Waals surface area (Å²) in [5.41, 5.74) is 5.22. The molecule has 0 unspecified atom stereocenters. The molecule has 0 aromatic heterocycles. The van der Waals surface area contributed by atoms with E-state index in [1.54, 1.807) is 6.21 Å². The number of hydrogen-bond donors (Lipinski definition) is 1. The number of benzene rings is 2. The molecule has 0 atom stereocenters. The molecule has 28 heavy (non-hydrogen) atoms. The smallest absolute Gasteiger partial charge is 0.238 e.